The van der Waals surface area contributed by atoms with E-state index in [4.69, 9.17) is 0 Å². The minimum atomic E-state index is -3.71. The van der Waals surface area contributed by atoms with Gasteiger partial charge in [0.25, 0.3) is 0 Å². The summed E-state index contributed by atoms with van der Waals surface area (Å²) >= 11 is 0. The van der Waals surface area contributed by atoms with Gasteiger partial charge in [-0.25, -0.2) is 17.9 Å². The van der Waals surface area contributed by atoms with Crippen molar-refractivity contribution in [2.24, 2.45) is 0 Å². The highest BCUT2D eigenvalue weighted by atomic mass is 32.2. The molecule has 0 aliphatic heterocycles. The second-order valence-corrected chi connectivity index (χ2v) is 5.58. The Hall–Kier alpha value is -1.44. The van der Waals surface area contributed by atoms with Gasteiger partial charge in [0.2, 0.25) is 10.0 Å². The zero-order valence-corrected chi connectivity index (χ0v) is 11.8. The molecule has 0 amide bonds. The molecule has 0 aliphatic carbocycles. The van der Waals surface area contributed by atoms with Crippen LogP contribution in [0, 0.1) is 0 Å². The maximum Gasteiger partial charge on any atom is 0.339 e. The molecule has 19 heavy (non-hydrogen) atoms. The lowest BCUT2D eigenvalue weighted by molar-refractivity contribution is 0.0596. The van der Waals surface area contributed by atoms with Crippen molar-refractivity contribution in [1.29, 1.82) is 0 Å². The summed E-state index contributed by atoms with van der Waals surface area (Å²) in [5, 5.41) is 2.92. The molecule has 1 aromatic rings. The van der Waals surface area contributed by atoms with E-state index in [0.29, 0.717) is 19.5 Å². The van der Waals surface area contributed by atoms with Gasteiger partial charge >= 0.3 is 5.97 Å². The zero-order chi connectivity index (χ0) is 14.3. The van der Waals surface area contributed by atoms with Gasteiger partial charge in [-0.05, 0) is 32.1 Å². The Balaban J connectivity index is 2.92. The van der Waals surface area contributed by atoms with Gasteiger partial charge in [-0.3, -0.25) is 0 Å². The number of benzene rings is 1. The Morgan fingerprint density at radius 1 is 1.26 bits per heavy atom. The highest BCUT2D eigenvalue weighted by molar-refractivity contribution is 7.89. The zero-order valence-electron chi connectivity index (χ0n) is 11.0. The maximum atomic E-state index is 12.1. The molecule has 7 heteroatoms. The van der Waals surface area contributed by atoms with Crippen LogP contribution in [0.5, 0.6) is 0 Å². The number of esters is 1. The molecule has 0 fully saturated rings. The quantitative estimate of drug-likeness (QED) is 0.558. The van der Waals surface area contributed by atoms with E-state index < -0.39 is 16.0 Å². The topological polar surface area (TPSA) is 84.5 Å². The van der Waals surface area contributed by atoms with Gasteiger partial charge in [0.1, 0.15) is 0 Å². The Bertz CT molecular complexity index is 528. The number of sulfonamides is 1. The van der Waals surface area contributed by atoms with Gasteiger partial charge < -0.3 is 10.1 Å². The van der Waals surface area contributed by atoms with Crippen LogP contribution in [0.15, 0.2) is 29.2 Å². The number of ether oxygens (including phenoxy) is 1. The largest absolute Gasteiger partial charge is 0.465 e. The second kappa shape index (κ2) is 7.22. The molecule has 0 radical (unpaired) electrons. The molecule has 0 saturated carbocycles. The molecule has 1 rings (SSSR count). The van der Waals surface area contributed by atoms with Crippen molar-refractivity contribution in [2.75, 3.05) is 27.2 Å². The molecule has 0 heterocycles. The molecule has 6 nitrogen and oxygen atoms in total. The maximum absolute atomic E-state index is 12.1. The molecule has 0 saturated heterocycles. The monoisotopic (exact) mass is 286 g/mol. The summed E-state index contributed by atoms with van der Waals surface area (Å²) in [6.07, 6.45) is 0.663. The third-order valence-electron chi connectivity index (χ3n) is 2.48. The SMILES string of the molecule is CNCCCNS(=O)(=O)c1ccccc1C(=O)OC. The van der Waals surface area contributed by atoms with Crippen molar-refractivity contribution >= 4 is 16.0 Å². The highest BCUT2D eigenvalue weighted by Gasteiger charge is 2.21. The minimum absolute atomic E-state index is 0.0334. The first-order chi connectivity index (χ1) is 9.03. The van der Waals surface area contributed by atoms with Crippen LogP contribution in [-0.2, 0) is 14.8 Å². The number of carbonyl (C=O) groups is 1. The Labute approximate surface area is 113 Å². The first kappa shape index (κ1) is 15.6. The molecular formula is C12H18N2O4S. The van der Waals surface area contributed by atoms with Gasteiger partial charge in [0.05, 0.1) is 17.6 Å². The van der Waals surface area contributed by atoms with Crippen LogP contribution in [0.3, 0.4) is 0 Å². The molecule has 0 atom stereocenters. The van der Waals surface area contributed by atoms with Crippen LogP contribution in [0.4, 0.5) is 0 Å². The van der Waals surface area contributed by atoms with E-state index >= 15 is 0 Å². The summed E-state index contributed by atoms with van der Waals surface area (Å²) in [5.41, 5.74) is 0.0334. The van der Waals surface area contributed by atoms with Crippen LogP contribution in [0.25, 0.3) is 0 Å². The number of hydrogen-bond acceptors (Lipinski definition) is 5. The summed E-state index contributed by atoms with van der Waals surface area (Å²) in [5.74, 6) is -0.670. The summed E-state index contributed by atoms with van der Waals surface area (Å²) in [7, 11) is -0.698. The number of nitrogens with one attached hydrogen (secondary N) is 2. The molecule has 0 aromatic heterocycles. The van der Waals surface area contributed by atoms with Crippen LogP contribution in [0.2, 0.25) is 0 Å². The third-order valence-corrected chi connectivity index (χ3v) is 4.00. The Morgan fingerprint density at radius 2 is 1.95 bits per heavy atom. The van der Waals surface area contributed by atoms with Gasteiger partial charge in [-0.2, -0.15) is 0 Å². The minimum Gasteiger partial charge on any atom is -0.465 e. The summed E-state index contributed by atoms with van der Waals surface area (Å²) in [6.45, 7) is 1.01. The van der Waals surface area contributed by atoms with Crippen molar-refractivity contribution in [3.8, 4) is 0 Å². The second-order valence-electron chi connectivity index (χ2n) is 3.84. The average molecular weight is 286 g/mol. The molecular weight excluding hydrogens is 268 g/mol. The smallest absolute Gasteiger partial charge is 0.339 e. The Kier molecular flexibility index (Phi) is 5.94. The number of hydrogen-bond donors (Lipinski definition) is 2. The number of rotatable bonds is 7. The highest BCUT2D eigenvalue weighted by Crippen LogP contribution is 2.16. The van der Waals surface area contributed by atoms with E-state index in [9.17, 15) is 13.2 Å². The predicted octanol–water partition coefficient (Wildman–Crippen LogP) is 0.361. The van der Waals surface area contributed by atoms with Crippen molar-refractivity contribution in [3.63, 3.8) is 0 Å². The van der Waals surface area contributed by atoms with Gasteiger partial charge in [-0.15, -0.1) is 0 Å². The first-order valence-corrected chi connectivity index (χ1v) is 7.33. The van der Waals surface area contributed by atoms with E-state index in [1.165, 1.54) is 19.2 Å². The van der Waals surface area contributed by atoms with Gasteiger partial charge in [0, 0.05) is 6.54 Å². The lowest BCUT2D eigenvalue weighted by atomic mass is 10.2. The molecule has 2 N–H and O–H groups in total. The van der Waals surface area contributed by atoms with Crippen LogP contribution >= 0.6 is 0 Å². The normalized spacial score (nSPS) is 11.3. The fourth-order valence-corrected chi connectivity index (χ4v) is 2.80. The van der Waals surface area contributed by atoms with E-state index in [1.54, 1.807) is 19.2 Å². The van der Waals surface area contributed by atoms with Crippen molar-refractivity contribution in [1.82, 2.24) is 10.0 Å². The summed E-state index contributed by atoms with van der Waals surface area (Å²) in [6, 6.07) is 5.96. The Morgan fingerprint density at radius 3 is 2.58 bits per heavy atom. The standard InChI is InChI=1S/C12H18N2O4S/c1-13-8-5-9-14-19(16,17)11-7-4-3-6-10(11)12(15)18-2/h3-4,6-7,13-14H,5,8-9H2,1-2H3. The van der Waals surface area contributed by atoms with Crippen LogP contribution < -0.4 is 10.0 Å². The molecule has 1 aromatic carbocycles. The van der Waals surface area contributed by atoms with E-state index in [2.05, 4.69) is 14.8 Å². The molecule has 106 valence electrons. The summed E-state index contributed by atoms with van der Waals surface area (Å²) in [4.78, 5) is 11.5. The van der Waals surface area contributed by atoms with Crippen LogP contribution in [0.1, 0.15) is 16.8 Å². The fraction of sp³-hybridized carbons (Fsp3) is 0.417. The van der Waals surface area contributed by atoms with E-state index in [1.807, 2.05) is 0 Å². The molecule has 0 bridgehead atoms. The third kappa shape index (κ3) is 4.30. The van der Waals surface area contributed by atoms with Crippen LogP contribution in [-0.4, -0.2) is 41.6 Å². The van der Waals surface area contributed by atoms with E-state index in [0.717, 1.165) is 0 Å². The van der Waals surface area contributed by atoms with Crippen molar-refractivity contribution in [3.05, 3.63) is 29.8 Å². The number of methoxy groups -OCH3 is 1. The van der Waals surface area contributed by atoms with Gasteiger partial charge in [0.15, 0.2) is 0 Å². The fourth-order valence-electron chi connectivity index (χ4n) is 1.53. The molecule has 0 aliphatic rings. The lowest BCUT2D eigenvalue weighted by Crippen LogP contribution is -2.28. The van der Waals surface area contributed by atoms with Gasteiger partial charge in [-0.1, -0.05) is 12.1 Å². The van der Waals surface area contributed by atoms with Crippen molar-refractivity contribution < 1.29 is 17.9 Å². The van der Waals surface area contributed by atoms with E-state index in [-0.39, 0.29) is 10.5 Å². The average Bonchev–Trinajstić information content (AvgIpc) is 2.43. The molecule has 0 unspecified atom stereocenters. The van der Waals surface area contributed by atoms with Crippen molar-refractivity contribution in [2.45, 2.75) is 11.3 Å². The lowest BCUT2D eigenvalue weighted by Gasteiger charge is -2.10. The summed E-state index contributed by atoms with van der Waals surface area (Å²) < 4.78 is 31.2. The first-order valence-electron chi connectivity index (χ1n) is 5.84. The number of carbonyl (C=O) groups excluding carboxylic acids is 1. The molecule has 0 spiro atoms. The predicted molar refractivity (Wildman–Crippen MR) is 71.5 cm³/mol.